The molecule has 1 fully saturated rings. The second-order valence-electron chi connectivity index (χ2n) is 7.94. The predicted molar refractivity (Wildman–Crippen MR) is 120 cm³/mol. The summed E-state index contributed by atoms with van der Waals surface area (Å²) in [6.07, 6.45) is 2.64. The number of aliphatic hydroxyl groups is 1. The fourth-order valence-corrected chi connectivity index (χ4v) is 5.59. The number of rotatable bonds is 5. The van der Waals surface area contributed by atoms with Gasteiger partial charge in [-0.25, -0.2) is 0 Å². The minimum absolute atomic E-state index is 0. The molecular formula is C22H27Cl2NO3S. The molecule has 158 valence electrons. The average Bonchev–Trinajstić information content (AvgIpc) is 3.20. The quantitative estimate of drug-likeness (QED) is 0.682. The number of fused-ring (bicyclic) bond motifs is 1. The van der Waals surface area contributed by atoms with E-state index in [4.69, 9.17) is 16.3 Å². The molecule has 2 aliphatic rings. The highest BCUT2D eigenvalue weighted by Gasteiger charge is 2.37. The number of nitrogens with one attached hydrogen (secondary N) is 1. The van der Waals surface area contributed by atoms with E-state index in [-0.39, 0.29) is 36.3 Å². The van der Waals surface area contributed by atoms with Crippen molar-refractivity contribution in [2.24, 2.45) is 5.92 Å². The SMILES string of the molecule is Cc1cc2c(s1)CCC(CN[C@@H]1CC[C@@H](Oc3ccc(Cl)cc3C)[C@@H]1O)C2=O.Cl. The lowest BCUT2D eigenvalue weighted by atomic mass is 9.87. The zero-order valence-electron chi connectivity index (χ0n) is 16.6. The van der Waals surface area contributed by atoms with E-state index in [0.29, 0.717) is 11.6 Å². The molecule has 2 aliphatic carbocycles. The number of ketones is 1. The molecule has 4 nitrogen and oxygen atoms in total. The first kappa shape index (κ1) is 22.6. The van der Waals surface area contributed by atoms with Gasteiger partial charge in [0.25, 0.3) is 0 Å². The van der Waals surface area contributed by atoms with Gasteiger partial charge in [0.05, 0.1) is 0 Å². The molecule has 1 unspecified atom stereocenters. The molecule has 2 N–H and O–H groups in total. The van der Waals surface area contributed by atoms with Crippen molar-refractivity contribution in [2.45, 2.75) is 57.8 Å². The fourth-order valence-electron chi connectivity index (χ4n) is 4.31. The van der Waals surface area contributed by atoms with Crippen LogP contribution in [0.15, 0.2) is 24.3 Å². The van der Waals surface area contributed by atoms with Crippen molar-refractivity contribution in [3.8, 4) is 5.75 Å². The minimum atomic E-state index is -0.590. The number of benzene rings is 1. The molecule has 1 aromatic heterocycles. The van der Waals surface area contributed by atoms with E-state index in [1.54, 1.807) is 17.4 Å². The molecule has 0 amide bonds. The molecule has 4 atom stereocenters. The number of carbonyl (C=O) groups is 1. The highest BCUT2D eigenvalue weighted by Crippen LogP contribution is 2.33. The van der Waals surface area contributed by atoms with Gasteiger partial charge in [0.2, 0.25) is 0 Å². The number of hydrogen-bond acceptors (Lipinski definition) is 5. The lowest BCUT2D eigenvalue weighted by Crippen LogP contribution is -2.44. The maximum absolute atomic E-state index is 12.8. The van der Waals surface area contributed by atoms with Gasteiger partial charge in [0.15, 0.2) is 5.78 Å². The average molecular weight is 456 g/mol. The van der Waals surface area contributed by atoms with Crippen LogP contribution in [-0.4, -0.2) is 35.7 Å². The third kappa shape index (κ3) is 4.80. The smallest absolute Gasteiger partial charge is 0.168 e. The maximum Gasteiger partial charge on any atom is 0.168 e. The summed E-state index contributed by atoms with van der Waals surface area (Å²) < 4.78 is 6.05. The molecule has 0 radical (unpaired) electrons. The lowest BCUT2D eigenvalue weighted by molar-refractivity contribution is 0.0438. The van der Waals surface area contributed by atoms with Crippen LogP contribution in [0, 0.1) is 19.8 Å². The van der Waals surface area contributed by atoms with E-state index >= 15 is 0 Å². The van der Waals surface area contributed by atoms with Crippen molar-refractivity contribution in [1.82, 2.24) is 5.32 Å². The number of Topliss-reactive ketones (excluding diaryl/α,β-unsaturated/α-hetero) is 1. The van der Waals surface area contributed by atoms with Gasteiger partial charge < -0.3 is 15.2 Å². The Hall–Kier alpha value is -1.11. The number of carbonyl (C=O) groups excluding carboxylic acids is 1. The van der Waals surface area contributed by atoms with Crippen LogP contribution in [0.2, 0.25) is 5.02 Å². The van der Waals surface area contributed by atoms with Crippen LogP contribution in [0.5, 0.6) is 5.75 Å². The van der Waals surface area contributed by atoms with Gasteiger partial charge in [-0.05, 0) is 69.4 Å². The van der Waals surface area contributed by atoms with Gasteiger partial charge in [-0.15, -0.1) is 23.7 Å². The second kappa shape index (κ2) is 9.36. The molecule has 1 aromatic carbocycles. The normalized spacial score (nSPS) is 26.1. The van der Waals surface area contributed by atoms with Crippen molar-refractivity contribution >= 4 is 41.1 Å². The van der Waals surface area contributed by atoms with Crippen LogP contribution >= 0.6 is 35.3 Å². The Labute approximate surface area is 187 Å². The summed E-state index contributed by atoms with van der Waals surface area (Å²) in [6, 6.07) is 7.50. The van der Waals surface area contributed by atoms with Gasteiger partial charge in [0, 0.05) is 38.8 Å². The first-order valence-electron chi connectivity index (χ1n) is 9.90. The van der Waals surface area contributed by atoms with E-state index in [9.17, 15) is 9.90 Å². The third-order valence-corrected chi connectivity index (χ3v) is 7.23. The van der Waals surface area contributed by atoms with E-state index in [1.807, 2.05) is 25.1 Å². The molecule has 2 aromatic rings. The number of thiophene rings is 1. The summed E-state index contributed by atoms with van der Waals surface area (Å²) in [5.74, 6) is 0.999. The Morgan fingerprint density at radius 1 is 1.24 bits per heavy atom. The van der Waals surface area contributed by atoms with E-state index in [1.165, 1.54) is 9.75 Å². The van der Waals surface area contributed by atoms with Crippen molar-refractivity contribution in [1.29, 1.82) is 0 Å². The van der Waals surface area contributed by atoms with Gasteiger partial charge in [-0.3, -0.25) is 4.79 Å². The molecule has 0 bridgehead atoms. The van der Waals surface area contributed by atoms with E-state index < -0.39 is 6.10 Å². The molecule has 0 spiro atoms. The Morgan fingerprint density at radius 3 is 2.79 bits per heavy atom. The van der Waals surface area contributed by atoms with E-state index in [2.05, 4.69) is 12.2 Å². The van der Waals surface area contributed by atoms with Crippen LogP contribution in [0.1, 0.15) is 44.9 Å². The van der Waals surface area contributed by atoms with E-state index in [0.717, 1.165) is 42.6 Å². The zero-order valence-corrected chi connectivity index (χ0v) is 19.0. The summed E-state index contributed by atoms with van der Waals surface area (Å²) in [7, 11) is 0. The lowest BCUT2D eigenvalue weighted by Gasteiger charge is -2.26. The van der Waals surface area contributed by atoms with Gasteiger partial charge in [-0.1, -0.05) is 11.6 Å². The third-order valence-electron chi connectivity index (χ3n) is 5.89. The molecule has 0 saturated heterocycles. The Balaban J connectivity index is 0.00000240. The molecule has 1 saturated carbocycles. The monoisotopic (exact) mass is 455 g/mol. The fraction of sp³-hybridized carbons (Fsp3) is 0.500. The highest BCUT2D eigenvalue weighted by atomic mass is 35.5. The first-order chi connectivity index (χ1) is 13.4. The summed E-state index contributed by atoms with van der Waals surface area (Å²) in [4.78, 5) is 15.2. The standard InChI is InChI=1S/C22H26ClNO3S.ClH/c1-12-9-15(23)4-6-18(12)27-19-7-5-17(22(19)26)24-11-14-3-8-20-16(21(14)25)10-13(2)28-20;/h4,6,9-10,14,17,19,22,24,26H,3,5,7-8,11H2,1-2H3;1H/t14?,17-,19-,22-;/m1./s1. The van der Waals surface area contributed by atoms with Gasteiger partial charge >= 0.3 is 0 Å². The summed E-state index contributed by atoms with van der Waals surface area (Å²) >= 11 is 7.74. The number of halogens is 2. The van der Waals surface area contributed by atoms with Crippen LogP contribution in [0.3, 0.4) is 0 Å². The highest BCUT2D eigenvalue weighted by molar-refractivity contribution is 7.12. The minimum Gasteiger partial charge on any atom is -0.487 e. The predicted octanol–water partition coefficient (Wildman–Crippen LogP) is 4.75. The number of ether oxygens (including phenoxy) is 1. The van der Waals surface area contributed by atoms with Crippen molar-refractivity contribution in [3.05, 3.63) is 50.2 Å². The van der Waals surface area contributed by atoms with Crippen molar-refractivity contribution in [2.75, 3.05) is 6.54 Å². The second-order valence-corrected chi connectivity index (χ2v) is 9.72. The van der Waals surface area contributed by atoms with Crippen LogP contribution < -0.4 is 10.1 Å². The summed E-state index contributed by atoms with van der Waals surface area (Å²) in [5.41, 5.74) is 1.87. The molecular weight excluding hydrogens is 429 g/mol. The summed E-state index contributed by atoms with van der Waals surface area (Å²) in [6.45, 7) is 4.62. The number of aryl methyl sites for hydroxylation is 3. The number of hydrogen-bond donors (Lipinski definition) is 2. The Morgan fingerprint density at radius 2 is 2.03 bits per heavy atom. The van der Waals surface area contributed by atoms with Crippen molar-refractivity contribution in [3.63, 3.8) is 0 Å². The Bertz CT molecular complexity index is 885. The molecule has 4 rings (SSSR count). The molecule has 0 aliphatic heterocycles. The van der Waals surface area contributed by atoms with Crippen molar-refractivity contribution < 1.29 is 14.6 Å². The molecule has 1 heterocycles. The largest absolute Gasteiger partial charge is 0.487 e. The maximum atomic E-state index is 12.8. The van der Waals surface area contributed by atoms with Gasteiger partial charge in [-0.2, -0.15) is 0 Å². The zero-order chi connectivity index (χ0) is 19.8. The topological polar surface area (TPSA) is 58.6 Å². The van der Waals surface area contributed by atoms with Crippen LogP contribution in [0.4, 0.5) is 0 Å². The summed E-state index contributed by atoms with van der Waals surface area (Å²) in [5, 5.41) is 14.8. The van der Waals surface area contributed by atoms with Crippen LogP contribution in [-0.2, 0) is 6.42 Å². The Kier molecular flexibility index (Phi) is 7.28. The molecule has 29 heavy (non-hydrogen) atoms. The van der Waals surface area contributed by atoms with Gasteiger partial charge in [0.1, 0.15) is 18.0 Å². The molecule has 7 heteroatoms. The van der Waals surface area contributed by atoms with Crippen LogP contribution in [0.25, 0.3) is 0 Å². The first-order valence-corrected chi connectivity index (χ1v) is 11.1. The number of aliphatic hydroxyl groups excluding tert-OH is 1.